The summed E-state index contributed by atoms with van der Waals surface area (Å²) in [6.07, 6.45) is 22.4. The van der Waals surface area contributed by atoms with Gasteiger partial charge in [0.15, 0.2) is 0 Å². The van der Waals surface area contributed by atoms with Crippen molar-refractivity contribution in [3.8, 4) is 0 Å². The fraction of sp³-hybridized carbons (Fsp3) is 0.500. The van der Waals surface area contributed by atoms with Gasteiger partial charge in [0.25, 0.3) is 0 Å². The number of nitrogens with two attached hydrogens (primary N) is 2. The first-order valence-corrected chi connectivity index (χ1v) is 14.0. The lowest BCUT2D eigenvalue weighted by atomic mass is 10.1. The molecule has 216 valence electrons. The molecule has 9 heteroatoms. The van der Waals surface area contributed by atoms with Gasteiger partial charge in [0.2, 0.25) is 5.91 Å². The monoisotopic (exact) mass is 539 g/mol. The smallest absolute Gasteiger partial charge is 0.249 e. The van der Waals surface area contributed by atoms with Crippen molar-refractivity contribution in [2.24, 2.45) is 11.5 Å². The lowest BCUT2D eigenvalue weighted by Crippen LogP contribution is -2.44. The maximum absolute atomic E-state index is 12.2. The molecule has 2 aliphatic heterocycles. The number of nitrogens with zero attached hydrogens (tertiary/aromatic N) is 2. The molecular formula is C30H49N7O2. The van der Waals surface area contributed by atoms with E-state index in [9.17, 15) is 9.90 Å². The van der Waals surface area contributed by atoms with Gasteiger partial charge < -0.3 is 37.4 Å². The van der Waals surface area contributed by atoms with Crippen LogP contribution in [0.5, 0.6) is 0 Å². The maximum Gasteiger partial charge on any atom is 0.249 e. The molecule has 39 heavy (non-hydrogen) atoms. The van der Waals surface area contributed by atoms with Crippen LogP contribution in [-0.2, 0) is 4.79 Å². The third kappa shape index (κ3) is 14.1. The van der Waals surface area contributed by atoms with E-state index in [0.29, 0.717) is 57.9 Å². The SMILES string of the molecule is C=C/C=C\CCN(CC/C=C\CCN)CC(O)CN(CC1=CC=CCN1)CC1=CC=C(C(=O)NCCN)CN1. The van der Waals surface area contributed by atoms with Crippen molar-refractivity contribution < 1.29 is 9.90 Å². The molecule has 0 aromatic heterocycles. The number of hydrogen-bond donors (Lipinski definition) is 6. The van der Waals surface area contributed by atoms with E-state index >= 15 is 0 Å². The van der Waals surface area contributed by atoms with Crippen LogP contribution in [-0.4, -0.2) is 98.9 Å². The molecule has 1 amide bonds. The van der Waals surface area contributed by atoms with Gasteiger partial charge in [-0.1, -0.05) is 49.1 Å². The fourth-order valence-electron chi connectivity index (χ4n) is 4.35. The van der Waals surface area contributed by atoms with E-state index < -0.39 is 6.10 Å². The van der Waals surface area contributed by atoms with Crippen LogP contribution < -0.4 is 27.4 Å². The minimum Gasteiger partial charge on any atom is -0.390 e. The predicted molar refractivity (Wildman–Crippen MR) is 162 cm³/mol. The zero-order valence-electron chi connectivity index (χ0n) is 23.4. The minimum absolute atomic E-state index is 0.0974. The van der Waals surface area contributed by atoms with Gasteiger partial charge in [0.05, 0.1) is 6.10 Å². The molecule has 2 aliphatic rings. The lowest BCUT2D eigenvalue weighted by Gasteiger charge is -2.31. The highest BCUT2D eigenvalue weighted by atomic mass is 16.3. The first-order valence-electron chi connectivity index (χ1n) is 14.0. The van der Waals surface area contributed by atoms with Crippen molar-refractivity contribution in [3.05, 3.63) is 84.3 Å². The molecule has 0 radical (unpaired) electrons. The van der Waals surface area contributed by atoms with Crippen LogP contribution in [0, 0.1) is 0 Å². The molecule has 2 rings (SSSR count). The van der Waals surface area contributed by atoms with Crippen LogP contribution in [0.3, 0.4) is 0 Å². The first kappa shape index (κ1) is 32.3. The molecule has 0 spiro atoms. The van der Waals surface area contributed by atoms with E-state index in [1.54, 1.807) is 6.08 Å². The molecule has 2 heterocycles. The largest absolute Gasteiger partial charge is 0.390 e. The number of aliphatic hydroxyl groups is 1. The van der Waals surface area contributed by atoms with Gasteiger partial charge in [-0.05, 0) is 44.0 Å². The van der Waals surface area contributed by atoms with Gasteiger partial charge in [-0.15, -0.1) is 0 Å². The number of nitrogens with one attached hydrogen (secondary N) is 3. The summed E-state index contributed by atoms with van der Waals surface area (Å²) in [5.74, 6) is -0.0974. The van der Waals surface area contributed by atoms with Crippen molar-refractivity contribution in [2.45, 2.75) is 25.4 Å². The van der Waals surface area contributed by atoms with E-state index in [1.165, 1.54) is 0 Å². The Bertz CT molecular complexity index is 920. The Hall–Kier alpha value is -2.95. The van der Waals surface area contributed by atoms with Crippen LogP contribution in [0.15, 0.2) is 84.3 Å². The second-order valence-corrected chi connectivity index (χ2v) is 9.70. The van der Waals surface area contributed by atoms with Gasteiger partial charge in [0, 0.05) is 82.4 Å². The fourth-order valence-corrected chi connectivity index (χ4v) is 4.35. The minimum atomic E-state index is -0.515. The molecule has 1 unspecified atom stereocenters. The quantitative estimate of drug-likeness (QED) is 0.0994. The maximum atomic E-state index is 12.2. The van der Waals surface area contributed by atoms with Gasteiger partial charge in [-0.2, -0.15) is 0 Å². The number of carbonyl (C=O) groups is 1. The van der Waals surface area contributed by atoms with Crippen molar-refractivity contribution in [3.63, 3.8) is 0 Å². The molecule has 0 bridgehead atoms. The third-order valence-electron chi connectivity index (χ3n) is 6.32. The van der Waals surface area contributed by atoms with Gasteiger partial charge in [-0.25, -0.2) is 0 Å². The average molecular weight is 540 g/mol. The molecule has 1 atom stereocenters. The highest BCUT2D eigenvalue weighted by Gasteiger charge is 2.19. The van der Waals surface area contributed by atoms with Gasteiger partial charge in [-0.3, -0.25) is 9.69 Å². The lowest BCUT2D eigenvalue weighted by molar-refractivity contribution is -0.117. The van der Waals surface area contributed by atoms with Crippen LogP contribution >= 0.6 is 0 Å². The molecule has 9 nitrogen and oxygen atoms in total. The number of rotatable bonds is 20. The Morgan fingerprint density at radius 2 is 1.72 bits per heavy atom. The third-order valence-corrected chi connectivity index (χ3v) is 6.32. The zero-order valence-corrected chi connectivity index (χ0v) is 23.4. The Kier molecular flexibility index (Phi) is 16.6. The molecule has 0 fully saturated rings. The highest BCUT2D eigenvalue weighted by Crippen LogP contribution is 2.10. The molecule has 0 aromatic rings. The van der Waals surface area contributed by atoms with Crippen molar-refractivity contribution in [1.29, 1.82) is 0 Å². The van der Waals surface area contributed by atoms with E-state index in [-0.39, 0.29) is 5.91 Å². The van der Waals surface area contributed by atoms with Crippen LogP contribution in [0.4, 0.5) is 0 Å². The number of hydrogen-bond acceptors (Lipinski definition) is 8. The standard InChI is InChI=1S/C30H49N7O2/c1-2-3-4-10-19-36(20-11-6-5-8-15-31)24-29(38)25-37(22-27-12-7-9-17-33-27)23-28-14-13-26(21-35-28)30(39)34-18-16-32/h2-7,9,12-14,29,33,35,38H,1,8,10-11,15-25,31-32H2,(H,34,39)/b4-3-,6-5-. The summed E-state index contributed by atoms with van der Waals surface area (Å²) < 4.78 is 0. The van der Waals surface area contributed by atoms with Crippen LogP contribution in [0.25, 0.3) is 0 Å². The van der Waals surface area contributed by atoms with E-state index in [4.69, 9.17) is 11.5 Å². The molecule has 0 aromatic carbocycles. The topological polar surface area (TPSA) is 132 Å². The Morgan fingerprint density at radius 3 is 2.36 bits per heavy atom. The first-order chi connectivity index (χ1) is 19.0. The highest BCUT2D eigenvalue weighted by molar-refractivity contribution is 5.94. The van der Waals surface area contributed by atoms with Crippen molar-refractivity contribution in [2.75, 3.05) is 72.0 Å². The summed E-state index contributed by atoms with van der Waals surface area (Å²) in [5, 5.41) is 20.8. The van der Waals surface area contributed by atoms with Crippen LogP contribution in [0.1, 0.15) is 19.3 Å². The summed E-state index contributed by atoms with van der Waals surface area (Å²) in [6.45, 7) is 10.7. The Morgan fingerprint density at radius 1 is 1.00 bits per heavy atom. The summed E-state index contributed by atoms with van der Waals surface area (Å²) in [5.41, 5.74) is 13.9. The van der Waals surface area contributed by atoms with Crippen LogP contribution in [0.2, 0.25) is 0 Å². The summed E-state index contributed by atoms with van der Waals surface area (Å²) in [4.78, 5) is 16.8. The molecule has 0 aliphatic carbocycles. The van der Waals surface area contributed by atoms with Gasteiger partial charge in [0.1, 0.15) is 0 Å². The Labute approximate surface area is 234 Å². The van der Waals surface area contributed by atoms with Gasteiger partial charge >= 0.3 is 0 Å². The summed E-state index contributed by atoms with van der Waals surface area (Å²) in [7, 11) is 0. The van der Waals surface area contributed by atoms with Crippen molar-refractivity contribution in [1.82, 2.24) is 25.8 Å². The number of amides is 1. The predicted octanol–water partition coefficient (Wildman–Crippen LogP) is 0.910. The van der Waals surface area contributed by atoms with E-state index in [1.807, 2.05) is 18.2 Å². The molecule has 0 saturated heterocycles. The number of carbonyl (C=O) groups excluding carboxylic acids is 1. The second-order valence-electron chi connectivity index (χ2n) is 9.70. The molecular weight excluding hydrogens is 490 g/mol. The number of allylic oxidation sites excluding steroid dienone is 6. The molecule has 8 N–H and O–H groups in total. The summed E-state index contributed by atoms with van der Waals surface area (Å²) in [6, 6.07) is 0. The number of aliphatic hydroxyl groups excluding tert-OH is 1. The number of dihydropyridines is 2. The second kappa shape index (κ2) is 20.0. The normalized spacial score (nSPS) is 16.2. The van der Waals surface area contributed by atoms with E-state index in [2.05, 4.69) is 68.8 Å². The average Bonchev–Trinajstić information content (AvgIpc) is 2.94. The zero-order chi connectivity index (χ0) is 28.1. The van der Waals surface area contributed by atoms with Crippen molar-refractivity contribution >= 4 is 5.91 Å². The van der Waals surface area contributed by atoms with E-state index in [0.717, 1.165) is 50.3 Å². The summed E-state index contributed by atoms with van der Waals surface area (Å²) >= 11 is 0. The molecule has 0 saturated carbocycles. The Balaban J connectivity index is 2.03.